The third kappa shape index (κ3) is 2.66. The topological polar surface area (TPSA) is 64.2 Å². The predicted octanol–water partition coefficient (Wildman–Crippen LogP) is 0.473. The minimum absolute atomic E-state index is 0.0597. The number of rotatable bonds is 2. The highest BCUT2D eigenvalue weighted by molar-refractivity contribution is 5.81. The Morgan fingerprint density at radius 3 is 2.65 bits per heavy atom. The summed E-state index contributed by atoms with van der Waals surface area (Å²) < 4.78 is 1.83. The van der Waals surface area contributed by atoms with Crippen molar-refractivity contribution in [3.05, 3.63) is 18.0 Å². The predicted molar refractivity (Wildman–Crippen MR) is 65.4 cm³/mol. The van der Waals surface area contributed by atoms with E-state index in [2.05, 4.69) is 11.2 Å². The molecule has 0 radical (unpaired) electrons. The summed E-state index contributed by atoms with van der Waals surface area (Å²) in [4.78, 5) is 13.6. The van der Waals surface area contributed by atoms with Crippen LogP contribution in [0.2, 0.25) is 0 Å². The number of aryl methyl sites for hydroxylation is 1. The minimum atomic E-state index is -0.388. The van der Waals surface area contributed by atoms with E-state index in [4.69, 9.17) is 5.73 Å². The zero-order valence-electron chi connectivity index (χ0n) is 10.5. The van der Waals surface area contributed by atoms with Crippen LogP contribution in [0.1, 0.15) is 31.4 Å². The number of carbonyl (C=O) groups is 1. The van der Waals surface area contributed by atoms with Crippen LogP contribution in [0.4, 0.5) is 0 Å². The average Bonchev–Trinajstić information content (AvgIpc) is 2.75. The fraction of sp³-hybridized carbons (Fsp3) is 0.667. The van der Waals surface area contributed by atoms with Crippen LogP contribution in [0.3, 0.4) is 0 Å². The van der Waals surface area contributed by atoms with Gasteiger partial charge in [0, 0.05) is 32.3 Å². The van der Waals surface area contributed by atoms with Crippen LogP contribution in [-0.4, -0.2) is 39.7 Å². The number of likely N-dealkylation sites (tertiary alicyclic amines) is 1. The second kappa shape index (κ2) is 4.87. The summed E-state index contributed by atoms with van der Waals surface area (Å²) in [7, 11) is 1.93. The van der Waals surface area contributed by atoms with E-state index in [0.717, 1.165) is 31.6 Å². The molecule has 17 heavy (non-hydrogen) atoms. The summed E-state index contributed by atoms with van der Waals surface area (Å²) in [6.45, 7) is 3.33. The van der Waals surface area contributed by atoms with E-state index in [-0.39, 0.29) is 11.9 Å². The van der Waals surface area contributed by atoms with Gasteiger partial charge < -0.3 is 10.6 Å². The van der Waals surface area contributed by atoms with Gasteiger partial charge in [-0.25, -0.2) is 0 Å². The first-order valence-corrected chi connectivity index (χ1v) is 6.12. The van der Waals surface area contributed by atoms with E-state index in [1.807, 2.05) is 22.8 Å². The number of carbonyl (C=O) groups excluding carboxylic acids is 1. The molecule has 1 aliphatic rings. The Morgan fingerprint density at radius 1 is 1.53 bits per heavy atom. The van der Waals surface area contributed by atoms with E-state index in [9.17, 15) is 4.79 Å². The van der Waals surface area contributed by atoms with Gasteiger partial charge in [-0.2, -0.15) is 5.10 Å². The van der Waals surface area contributed by atoms with E-state index < -0.39 is 0 Å². The third-order valence-electron chi connectivity index (χ3n) is 3.35. The molecule has 0 saturated carbocycles. The molecule has 2 heterocycles. The molecule has 1 fully saturated rings. The summed E-state index contributed by atoms with van der Waals surface area (Å²) in [5, 5.41) is 4.43. The molecule has 0 spiro atoms. The van der Waals surface area contributed by atoms with Crippen LogP contribution in [-0.2, 0) is 11.8 Å². The average molecular weight is 236 g/mol. The molecule has 1 unspecified atom stereocenters. The van der Waals surface area contributed by atoms with Gasteiger partial charge in [0.1, 0.15) is 0 Å². The van der Waals surface area contributed by atoms with Crippen LogP contribution < -0.4 is 5.73 Å². The Balaban J connectivity index is 1.92. The highest BCUT2D eigenvalue weighted by Gasteiger charge is 2.26. The molecule has 1 aliphatic heterocycles. The monoisotopic (exact) mass is 236 g/mol. The van der Waals surface area contributed by atoms with Crippen molar-refractivity contribution in [3.63, 3.8) is 0 Å². The number of nitrogens with zero attached hydrogens (tertiary/aromatic N) is 3. The second-order valence-electron chi connectivity index (χ2n) is 4.80. The molecular weight excluding hydrogens is 216 g/mol. The lowest BCUT2D eigenvalue weighted by atomic mass is 9.93. The Morgan fingerprint density at radius 2 is 2.18 bits per heavy atom. The maximum atomic E-state index is 11.7. The molecule has 2 rings (SSSR count). The molecule has 1 aromatic rings. The molecule has 0 bridgehead atoms. The summed E-state index contributed by atoms with van der Waals surface area (Å²) >= 11 is 0. The molecule has 5 heteroatoms. The van der Waals surface area contributed by atoms with Crippen LogP contribution in [0.5, 0.6) is 0 Å². The number of amides is 1. The molecule has 0 aliphatic carbocycles. The van der Waals surface area contributed by atoms with E-state index in [1.54, 1.807) is 6.92 Å². The smallest absolute Gasteiger partial charge is 0.239 e. The van der Waals surface area contributed by atoms with Crippen molar-refractivity contribution < 1.29 is 4.79 Å². The molecular formula is C12H20N4O. The van der Waals surface area contributed by atoms with Gasteiger partial charge in [-0.15, -0.1) is 0 Å². The van der Waals surface area contributed by atoms with E-state index in [1.165, 1.54) is 0 Å². The van der Waals surface area contributed by atoms with Crippen molar-refractivity contribution in [2.24, 2.45) is 12.8 Å². The largest absolute Gasteiger partial charge is 0.341 e. The van der Waals surface area contributed by atoms with E-state index >= 15 is 0 Å². The number of hydrogen-bond acceptors (Lipinski definition) is 3. The van der Waals surface area contributed by atoms with Crippen LogP contribution in [0, 0.1) is 0 Å². The van der Waals surface area contributed by atoms with E-state index in [0.29, 0.717) is 5.92 Å². The van der Waals surface area contributed by atoms with Gasteiger partial charge in [-0.05, 0) is 25.8 Å². The Kier molecular flexibility index (Phi) is 3.47. The van der Waals surface area contributed by atoms with Crippen molar-refractivity contribution in [3.8, 4) is 0 Å². The quantitative estimate of drug-likeness (QED) is 0.812. The molecule has 2 N–H and O–H groups in total. The van der Waals surface area contributed by atoms with Gasteiger partial charge in [0.15, 0.2) is 0 Å². The second-order valence-corrected chi connectivity index (χ2v) is 4.80. The molecule has 1 saturated heterocycles. The number of aromatic nitrogens is 2. The summed E-state index contributed by atoms with van der Waals surface area (Å²) in [6.07, 6.45) is 3.93. The fourth-order valence-electron chi connectivity index (χ4n) is 2.33. The van der Waals surface area contributed by atoms with Crippen LogP contribution in [0.15, 0.2) is 12.3 Å². The molecule has 94 valence electrons. The molecule has 1 amide bonds. The van der Waals surface area contributed by atoms with Crippen LogP contribution >= 0.6 is 0 Å². The number of piperidine rings is 1. The van der Waals surface area contributed by atoms with Crippen molar-refractivity contribution in [2.75, 3.05) is 13.1 Å². The van der Waals surface area contributed by atoms with Gasteiger partial charge in [0.05, 0.1) is 11.7 Å². The minimum Gasteiger partial charge on any atom is -0.341 e. The third-order valence-corrected chi connectivity index (χ3v) is 3.35. The SMILES string of the molecule is CC(N)C(=O)N1CCC(c2ccn(C)n2)CC1. The van der Waals surface area contributed by atoms with Gasteiger partial charge in [0.2, 0.25) is 5.91 Å². The zero-order valence-corrected chi connectivity index (χ0v) is 10.5. The van der Waals surface area contributed by atoms with Gasteiger partial charge in [-0.1, -0.05) is 0 Å². The number of hydrogen-bond donors (Lipinski definition) is 1. The summed E-state index contributed by atoms with van der Waals surface area (Å²) in [5.74, 6) is 0.540. The van der Waals surface area contributed by atoms with Crippen molar-refractivity contribution >= 4 is 5.91 Å². The summed E-state index contributed by atoms with van der Waals surface area (Å²) in [6, 6.07) is 1.68. The molecule has 1 aromatic heterocycles. The lowest BCUT2D eigenvalue weighted by Gasteiger charge is -2.32. The van der Waals surface area contributed by atoms with Crippen LogP contribution in [0.25, 0.3) is 0 Å². The Bertz CT molecular complexity index is 391. The zero-order chi connectivity index (χ0) is 12.4. The highest BCUT2D eigenvalue weighted by Crippen LogP contribution is 2.26. The normalized spacial score (nSPS) is 19.4. The first-order chi connectivity index (χ1) is 8.08. The lowest BCUT2D eigenvalue weighted by molar-refractivity contribution is -0.133. The molecule has 1 atom stereocenters. The van der Waals surface area contributed by atoms with Gasteiger partial charge >= 0.3 is 0 Å². The maximum Gasteiger partial charge on any atom is 0.239 e. The standard InChI is InChI=1S/C12H20N4O/c1-9(13)12(17)16-7-3-10(4-8-16)11-5-6-15(2)14-11/h5-6,9-10H,3-4,7-8,13H2,1-2H3. The van der Waals surface area contributed by atoms with Crippen molar-refractivity contribution in [1.29, 1.82) is 0 Å². The van der Waals surface area contributed by atoms with Crippen molar-refractivity contribution in [1.82, 2.24) is 14.7 Å². The molecule has 0 aromatic carbocycles. The summed E-state index contributed by atoms with van der Waals surface area (Å²) in [5.41, 5.74) is 6.75. The first-order valence-electron chi connectivity index (χ1n) is 6.12. The van der Waals surface area contributed by atoms with Crippen molar-refractivity contribution in [2.45, 2.75) is 31.7 Å². The first kappa shape index (κ1) is 12.1. The fourth-order valence-corrected chi connectivity index (χ4v) is 2.33. The lowest BCUT2D eigenvalue weighted by Crippen LogP contribution is -2.45. The van der Waals surface area contributed by atoms with Gasteiger partial charge in [-0.3, -0.25) is 9.48 Å². The Labute approximate surface area is 102 Å². The maximum absolute atomic E-state index is 11.7. The number of nitrogens with two attached hydrogens (primary N) is 1. The highest BCUT2D eigenvalue weighted by atomic mass is 16.2. The molecule has 5 nitrogen and oxygen atoms in total. The van der Waals surface area contributed by atoms with Gasteiger partial charge in [0.25, 0.3) is 0 Å². The Hall–Kier alpha value is -1.36.